The Kier molecular flexibility index (Phi) is 10.4. The van der Waals surface area contributed by atoms with Crippen LogP contribution in [0.25, 0.3) is 0 Å². The number of benzene rings is 3. The molecule has 1 unspecified atom stereocenters. The van der Waals surface area contributed by atoms with Gasteiger partial charge in [0.25, 0.3) is 0 Å². The van der Waals surface area contributed by atoms with Gasteiger partial charge in [0.05, 0.1) is 0 Å². The monoisotopic (exact) mass is 524 g/mol. The largest absolute Gasteiger partial charge is 0.355 e. The van der Waals surface area contributed by atoms with E-state index in [0.717, 1.165) is 11.1 Å². The van der Waals surface area contributed by atoms with Crippen LogP contribution in [0.4, 0.5) is 0 Å². The van der Waals surface area contributed by atoms with Crippen molar-refractivity contribution in [1.82, 2.24) is 10.2 Å². The molecule has 3 aromatic rings. The number of nitrogens with zero attached hydrogens (tertiary/aromatic N) is 1. The summed E-state index contributed by atoms with van der Waals surface area (Å²) in [7, 11) is 0. The van der Waals surface area contributed by atoms with Crippen LogP contribution in [0.3, 0.4) is 0 Å². The third kappa shape index (κ3) is 7.59. The molecule has 1 atom stereocenters. The summed E-state index contributed by atoms with van der Waals surface area (Å²) in [5.41, 5.74) is 3.96. The van der Waals surface area contributed by atoms with Gasteiger partial charge in [0.2, 0.25) is 11.8 Å². The van der Waals surface area contributed by atoms with E-state index in [-0.39, 0.29) is 24.8 Å². The average Bonchev–Trinajstić information content (AvgIpc) is 2.87. The van der Waals surface area contributed by atoms with E-state index in [1.165, 1.54) is 5.56 Å². The summed E-state index contributed by atoms with van der Waals surface area (Å²) in [5, 5.41) is 3.85. The number of aryl methyl sites for hydroxylation is 1. The molecule has 0 radical (unpaired) electrons. The van der Waals surface area contributed by atoms with E-state index in [1.807, 2.05) is 37.3 Å². The summed E-state index contributed by atoms with van der Waals surface area (Å²) in [6, 6.07) is 22.7. The Morgan fingerprint density at radius 1 is 0.861 bits per heavy atom. The number of nitrogens with one attached hydrogen (secondary N) is 1. The van der Waals surface area contributed by atoms with Crippen molar-refractivity contribution in [1.29, 1.82) is 0 Å². The Morgan fingerprint density at radius 3 is 2.08 bits per heavy atom. The van der Waals surface area contributed by atoms with Gasteiger partial charge in [-0.2, -0.15) is 0 Å². The molecule has 0 aliphatic carbocycles. The topological polar surface area (TPSA) is 49.4 Å². The van der Waals surface area contributed by atoms with Gasteiger partial charge in [0.15, 0.2) is 0 Å². The Labute approximate surface area is 224 Å². The Morgan fingerprint density at radius 2 is 1.50 bits per heavy atom. The Balaban J connectivity index is 1.90. The number of hydrogen-bond acceptors (Lipinski definition) is 2. The van der Waals surface area contributed by atoms with E-state index < -0.39 is 6.04 Å². The van der Waals surface area contributed by atoms with Crippen molar-refractivity contribution in [3.8, 4) is 0 Å². The lowest BCUT2D eigenvalue weighted by atomic mass is 9.99. The van der Waals surface area contributed by atoms with Gasteiger partial charge in [-0.15, -0.1) is 0 Å². The second-order valence-electron chi connectivity index (χ2n) is 9.22. The van der Waals surface area contributed by atoms with Crippen LogP contribution in [-0.4, -0.2) is 29.3 Å². The molecular formula is C30H34Cl2N2O2. The highest BCUT2D eigenvalue weighted by molar-refractivity contribution is 6.36. The molecule has 2 amide bonds. The fourth-order valence-corrected chi connectivity index (χ4v) is 4.68. The second-order valence-corrected chi connectivity index (χ2v) is 10.0. The lowest BCUT2D eigenvalue weighted by Crippen LogP contribution is -2.50. The number of hydrogen-bond donors (Lipinski definition) is 1. The first-order valence-electron chi connectivity index (χ1n) is 12.4. The van der Waals surface area contributed by atoms with Crippen molar-refractivity contribution in [3.05, 3.63) is 105 Å². The standard InChI is InChI=1S/C30H34Cl2N2O2/c1-4-33-30(36)28(19-23-9-6-5-7-10-23)34(20-25-26(31)11-8-12-27(25)32)29(35)18-15-22-13-16-24(17-14-22)21(2)3/h5-14,16-17,21,28H,4,15,18-20H2,1-3H3,(H,33,36). The fourth-order valence-electron chi connectivity index (χ4n) is 4.16. The van der Waals surface area contributed by atoms with Crippen molar-refractivity contribution in [2.75, 3.05) is 6.54 Å². The molecule has 0 saturated heterocycles. The van der Waals surface area contributed by atoms with Gasteiger partial charge in [-0.3, -0.25) is 9.59 Å². The van der Waals surface area contributed by atoms with Crippen LogP contribution in [0.15, 0.2) is 72.8 Å². The van der Waals surface area contributed by atoms with E-state index in [4.69, 9.17) is 23.2 Å². The predicted octanol–water partition coefficient (Wildman–Crippen LogP) is 6.83. The quantitative estimate of drug-likeness (QED) is 0.299. The molecule has 0 fully saturated rings. The summed E-state index contributed by atoms with van der Waals surface area (Å²) in [6.07, 6.45) is 1.24. The molecular weight excluding hydrogens is 491 g/mol. The van der Waals surface area contributed by atoms with Gasteiger partial charge in [-0.05, 0) is 48.1 Å². The van der Waals surface area contributed by atoms with Crippen molar-refractivity contribution in [2.45, 2.75) is 58.5 Å². The van der Waals surface area contributed by atoms with Gasteiger partial charge in [0, 0.05) is 41.5 Å². The van der Waals surface area contributed by atoms with E-state index in [1.54, 1.807) is 23.1 Å². The summed E-state index contributed by atoms with van der Waals surface area (Å²) >= 11 is 12.9. The third-order valence-corrected chi connectivity index (χ3v) is 6.99. The van der Waals surface area contributed by atoms with Gasteiger partial charge in [-0.1, -0.05) is 97.7 Å². The first-order chi connectivity index (χ1) is 17.3. The number of carbonyl (C=O) groups is 2. The number of likely N-dealkylation sites (N-methyl/N-ethyl adjacent to an activating group) is 1. The zero-order valence-corrected chi connectivity index (χ0v) is 22.6. The van der Waals surface area contributed by atoms with Crippen LogP contribution >= 0.6 is 23.2 Å². The molecule has 0 heterocycles. The van der Waals surface area contributed by atoms with Crippen molar-refractivity contribution in [3.63, 3.8) is 0 Å². The maximum atomic E-state index is 13.7. The van der Waals surface area contributed by atoms with Gasteiger partial charge in [0.1, 0.15) is 6.04 Å². The molecule has 36 heavy (non-hydrogen) atoms. The van der Waals surface area contributed by atoms with E-state index >= 15 is 0 Å². The molecule has 3 rings (SSSR count). The zero-order valence-electron chi connectivity index (χ0n) is 21.1. The van der Waals surface area contributed by atoms with Gasteiger partial charge >= 0.3 is 0 Å². The minimum Gasteiger partial charge on any atom is -0.355 e. The molecule has 3 aromatic carbocycles. The lowest BCUT2D eigenvalue weighted by Gasteiger charge is -2.32. The minimum absolute atomic E-state index is 0.119. The van der Waals surface area contributed by atoms with E-state index in [9.17, 15) is 9.59 Å². The molecule has 1 N–H and O–H groups in total. The first-order valence-corrected chi connectivity index (χ1v) is 13.2. The predicted molar refractivity (Wildman–Crippen MR) is 148 cm³/mol. The molecule has 4 nitrogen and oxygen atoms in total. The van der Waals surface area contributed by atoms with Crippen LogP contribution < -0.4 is 5.32 Å². The van der Waals surface area contributed by atoms with Crippen LogP contribution in [0.1, 0.15) is 55.4 Å². The number of halogens is 2. The summed E-state index contributed by atoms with van der Waals surface area (Å²) in [5.74, 6) is 0.137. The Bertz CT molecular complexity index is 1130. The molecule has 0 aliphatic rings. The van der Waals surface area contributed by atoms with Crippen LogP contribution in [0, 0.1) is 0 Å². The van der Waals surface area contributed by atoms with E-state index in [0.29, 0.717) is 40.9 Å². The first kappa shape index (κ1) is 27.8. The SMILES string of the molecule is CCNC(=O)C(Cc1ccccc1)N(Cc1c(Cl)cccc1Cl)C(=O)CCc1ccc(C(C)C)cc1. The van der Waals surface area contributed by atoms with Crippen LogP contribution in [0.5, 0.6) is 0 Å². The molecule has 190 valence electrons. The number of carbonyl (C=O) groups excluding carboxylic acids is 2. The highest BCUT2D eigenvalue weighted by Gasteiger charge is 2.30. The maximum Gasteiger partial charge on any atom is 0.243 e. The third-order valence-electron chi connectivity index (χ3n) is 6.29. The molecule has 0 saturated carbocycles. The molecule has 0 aliphatic heterocycles. The van der Waals surface area contributed by atoms with Crippen LogP contribution in [0.2, 0.25) is 10.0 Å². The summed E-state index contributed by atoms with van der Waals surface area (Å²) in [6.45, 7) is 6.81. The average molecular weight is 526 g/mol. The minimum atomic E-state index is -0.699. The molecule has 0 bridgehead atoms. The number of rotatable bonds is 11. The van der Waals surface area contributed by atoms with Crippen molar-refractivity contribution in [2.24, 2.45) is 0 Å². The highest BCUT2D eigenvalue weighted by atomic mass is 35.5. The normalized spacial score (nSPS) is 11.8. The lowest BCUT2D eigenvalue weighted by molar-refractivity contribution is -0.141. The highest BCUT2D eigenvalue weighted by Crippen LogP contribution is 2.28. The summed E-state index contributed by atoms with van der Waals surface area (Å²) < 4.78 is 0. The van der Waals surface area contributed by atoms with Crippen molar-refractivity contribution < 1.29 is 9.59 Å². The molecule has 6 heteroatoms. The zero-order chi connectivity index (χ0) is 26.1. The smallest absolute Gasteiger partial charge is 0.243 e. The van der Waals surface area contributed by atoms with Gasteiger partial charge < -0.3 is 10.2 Å². The molecule has 0 aromatic heterocycles. The molecule has 0 spiro atoms. The fraction of sp³-hybridized carbons (Fsp3) is 0.333. The van der Waals surface area contributed by atoms with Crippen LogP contribution in [-0.2, 0) is 29.0 Å². The second kappa shape index (κ2) is 13.5. The van der Waals surface area contributed by atoms with E-state index in [2.05, 4.69) is 43.4 Å². The van der Waals surface area contributed by atoms with Crippen molar-refractivity contribution >= 4 is 35.0 Å². The van der Waals surface area contributed by atoms with Gasteiger partial charge in [-0.25, -0.2) is 0 Å². The summed E-state index contributed by atoms with van der Waals surface area (Å²) in [4.78, 5) is 28.6. The number of amides is 2. The Hall–Kier alpha value is -2.82. The maximum absolute atomic E-state index is 13.7.